The van der Waals surface area contributed by atoms with Crippen molar-refractivity contribution in [2.24, 2.45) is 0 Å². The van der Waals surface area contributed by atoms with Gasteiger partial charge in [0.15, 0.2) is 40.8 Å². The molecule has 31 aromatic rings. The molecule has 9 heterocycles. The highest BCUT2D eigenvalue weighted by atomic mass is 15.1. The molecular weight excluding hydrogens is 1640 g/mol. The van der Waals surface area contributed by atoms with Crippen LogP contribution >= 0.6 is 0 Å². The average Bonchev–Trinajstić information content (AvgIpc) is 1.52. The SMILES string of the molecule is c1ccc(-c2cc(-c3ccccc3)nc(-c3cccc4c5ccc6c7ccccc7c7cccc8c7c6c5n8c34)n2)cc1.c1ccc(-c2nc(-c3ccccc3)nc(-c3ccc(-c4cccc5c6ccc7c8ccccc8c8cccc9c8c7c6n9c45)cc3)n2)cc1.c1ccc(-c2nc(-c3ccccc3)nc(-c3cccc4c5ccc6c7ccccc7c7cccc8c7c6c5n8c34)n2)cc1. The zero-order valence-electron chi connectivity index (χ0n) is 72.4. The van der Waals surface area contributed by atoms with Crippen molar-refractivity contribution in [3.63, 3.8) is 0 Å². The zero-order valence-corrected chi connectivity index (χ0v) is 72.4. The van der Waals surface area contributed by atoms with E-state index < -0.39 is 0 Å². The summed E-state index contributed by atoms with van der Waals surface area (Å²) in [5.41, 5.74) is 24.2. The molecule has 0 spiro atoms. The smallest absolute Gasteiger partial charge is 0.166 e. The third kappa shape index (κ3) is 11.1. The Morgan fingerprint density at radius 2 is 0.341 bits per heavy atom. The van der Waals surface area contributed by atoms with Gasteiger partial charge in [0.05, 0.1) is 61.0 Å². The summed E-state index contributed by atoms with van der Waals surface area (Å²) in [5, 5.41) is 31.1. The Morgan fingerprint density at radius 3 is 0.659 bits per heavy atom. The highest BCUT2D eigenvalue weighted by molar-refractivity contribution is 6.42. The van der Waals surface area contributed by atoms with Gasteiger partial charge in [0.25, 0.3) is 0 Å². The van der Waals surface area contributed by atoms with Crippen molar-refractivity contribution >= 4 is 179 Å². The van der Waals surface area contributed by atoms with Crippen LogP contribution in [0, 0.1) is 0 Å². The highest BCUT2D eigenvalue weighted by Crippen LogP contribution is 2.54. The van der Waals surface area contributed by atoms with Crippen LogP contribution in [0.3, 0.4) is 0 Å². The van der Waals surface area contributed by atoms with Crippen LogP contribution in [0.1, 0.15) is 0 Å². The minimum Gasteiger partial charge on any atom is -0.307 e. The molecule has 622 valence electrons. The first-order valence-electron chi connectivity index (χ1n) is 45.9. The molecule has 11 nitrogen and oxygen atoms in total. The molecule has 0 atom stereocenters. The minimum atomic E-state index is 0.654. The number of fused-ring (bicyclic) bond motifs is 21. The first kappa shape index (κ1) is 74.6. The fraction of sp³-hybridized carbons (Fsp3) is 0. The van der Waals surface area contributed by atoms with Crippen LogP contribution in [-0.2, 0) is 0 Å². The lowest BCUT2D eigenvalue weighted by Gasteiger charge is -2.11. The summed E-state index contributed by atoms with van der Waals surface area (Å²) in [6.45, 7) is 0. The summed E-state index contributed by atoms with van der Waals surface area (Å²) >= 11 is 0. The van der Waals surface area contributed by atoms with Crippen molar-refractivity contribution in [2.75, 3.05) is 0 Å². The van der Waals surface area contributed by atoms with Crippen LogP contribution < -0.4 is 0 Å². The van der Waals surface area contributed by atoms with E-state index in [1.807, 2.05) is 109 Å². The van der Waals surface area contributed by atoms with E-state index in [4.69, 9.17) is 39.9 Å². The number of rotatable bonds is 10. The fourth-order valence-electron chi connectivity index (χ4n) is 22.5. The second-order valence-corrected chi connectivity index (χ2v) is 35.3. The molecule has 11 heteroatoms. The Balaban J connectivity index is 0.0000000987. The van der Waals surface area contributed by atoms with Crippen molar-refractivity contribution in [2.45, 2.75) is 0 Å². The quantitative estimate of drug-likeness (QED) is 0.124. The molecule has 9 aromatic heterocycles. The second-order valence-electron chi connectivity index (χ2n) is 35.3. The molecular formula is C124H71N11. The predicted octanol–water partition coefficient (Wildman–Crippen LogP) is 31.6. The first-order chi connectivity index (χ1) is 67.0. The summed E-state index contributed by atoms with van der Waals surface area (Å²) < 4.78 is 7.45. The maximum atomic E-state index is 5.22. The molecule has 135 heavy (non-hydrogen) atoms. The summed E-state index contributed by atoms with van der Waals surface area (Å²) in [6.07, 6.45) is 0. The monoisotopic (exact) mass is 1710 g/mol. The third-order valence-electron chi connectivity index (χ3n) is 28.2. The second kappa shape index (κ2) is 29.1. The molecule has 0 N–H and O–H groups in total. The van der Waals surface area contributed by atoms with Gasteiger partial charge in [-0.15, -0.1) is 0 Å². The lowest BCUT2D eigenvalue weighted by molar-refractivity contribution is 1.07. The number of para-hydroxylation sites is 3. The molecule has 0 radical (unpaired) electrons. The van der Waals surface area contributed by atoms with Crippen molar-refractivity contribution in [3.05, 3.63) is 431 Å². The first-order valence-corrected chi connectivity index (χ1v) is 45.9. The average molecular weight is 1720 g/mol. The van der Waals surface area contributed by atoms with Crippen molar-refractivity contribution in [3.8, 4) is 113 Å². The fourth-order valence-corrected chi connectivity index (χ4v) is 22.5. The van der Waals surface area contributed by atoms with Gasteiger partial charge in [0.1, 0.15) is 0 Å². The van der Waals surface area contributed by atoms with Crippen molar-refractivity contribution < 1.29 is 0 Å². The summed E-state index contributed by atoms with van der Waals surface area (Å²) in [5.74, 6) is 4.70. The van der Waals surface area contributed by atoms with E-state index in [0.717, 1.165) is 83.9 Å². The topological polar surface area (TPSA) is 116 Å². The Labute approximate surface area is 770 Å². The third-order valence-corrected chi connectivity index (χ3v) is 28.2. The maximum absolute atomic E-state index is 5.22. The molecule has 0 unspecified atom stereocenters. The number of aromatic nitrogens is 11. The van der Waals surface area contributed by atoms with E-state index in [9.17, 15) is 0 Å². The molecule has 0 aliphatic rings. The molecule has 22 aromatic carbocycles. The molecule has 0 saturated carbocycles. The molecule has 0 aliphatic heterocycles. The molecule has 0 fully saturated rings. The lowest BCUT2D eigenvalue weighted by atomic mass is 9.93. The maximum Gasteiger partial charge on any atom is 0.166 e. The van der Waals surface area contributed by atoms with Crippen LogP contribution in [0.5, 0.6) is 0 Å². The van der Waals surface area contributed by atoms with E-state index in [0.29, 0.717) is 34.9 Å². The van der Waals surface area contributed by atoms with Crippen molar-refractivity contribution in [1.82, 2.24) is 53.1 Å². The Bertz CT molecular complexity index is 9620. The van der Waals surface area contributed by atoms with Crippen LogP contribution in [-0.4, -0.2) is 53.1 Å². The summed E-state index contributed by atoms with van der Waals surface area (Å²) in [4.78, 5) is 40.4. The van der Waals surface area contributed by atoms with Gasteiger partial charge in [0.2, 0.25) is 0 Å². The van der Waals surface area contributed by atoms with E-state index >= 15 is 0 Å². The van der Waals surface area contributed by atoms with Crippen LogP contribution in [0.2, 0.25) is 0 Å². The van der Waals surface area contributed by atoms with E-state index in [1.165, 1.54) is 173 Å². The summed E-state index contributed by atoms with van der Waals surface area (Å²) in [7, 11) is 0. The highest BCUT2D eigenvalue weighted by Gasteiger charge is 2.31. The minimum absolute atomic E-state index is 0.654. The van der Waals surface area contributed by atoms with Gasteiger partial charge < -0.3 is 13.2 Å². The molecule has 0 bridgehead atoms. The van der Waals surface area contributed by atoms with Crippen LogP contribution in [0.25, 0.3) is 292 Å². The number of nitrogens with zero attached hydrogens (tertiary/aromatic N) is 11. The predicted molar refractivity (Wildman–Crippen MR) is 559 cm³/mol. The number of benzene rings is 22. The van der Waals surface area contributed by atoms with Gasteiger partial charge in [-0.1, -0.05) is 394 Å². The van der Waals surface area contributed by atoms with Gasteiger partial charge in [-0.3, -0.25) is 0 Å². The Morgan fingerprint density at radius 1 is 0.126 bits per heavy atom. The molecule has 0 saturated heterocycles. The molecule has 31 rings (SSSR count). The van der Waals surface area contributed by atoms with Gasteiger partial charge in [-0.05, 0) is 107 Å². The number of hydrogen-bond donors (Lipinski definition) is 0. The standard InChI is InChI=1S/C45H26N4.C40H23N3.C39H22N4/c1-3-11-28(12-4-1)43-46-44(29-13-5-2-6-14-29)48-45(47-43)30-23-21-27(22-24-30)31-17-9-19-36-37-26-25-35-33-16-8-7-15-32(33)34-18-10-20-38-39(34)40(35)42(37)49(38)41(31)36;1-3-11-24(12-4-1)33-23-34(25-13-5-2-6-14-25)42-40(41-33)32-19-9-18-30-31-22-21-29-27-16-8-7-15-26(27)28-17-10-20-35-36(28)37(29)39(31)43(35)38(30)32;1-3-11-23(12-4-1)37-40-38(24-13-5-2-6-14-24)42-39(41-37)31-19-9-18-29-30-22-21-28-26-16-8-7-15-25(26)27-17-10-20-32-33(27)34(28)36(30)43(32)35(29)31/h1-26H;1-23H;1-22H. The van der Waals surface area contributed by atoms with E-state index in [-0.39, 0.29) is 0 Å². The van der Waals surface area contributed by atoms with Crippen molar-refractivity contribution in [1.29, 1.82) is 0 Å². The van der Waals surface area contributed by atoms with Gasteiger partial charge in [-0.25, -0.2) is 39.9 Å². The lowest BCUT2D eigenvalue weighted by Crippen LogP contribution is -2.00. The van der Waals surface area contributed by atoms with Gasteiger partial charge in [0, 0.05) is 120 Å². The number of hydrogen-bond acceptors (Lipinski definition) is 8. The molecule has 0 amide bonds. The molecule has 0 aliphatic carbocycles. The van der Waals surface area contributed by atoms with E-state index in [1.54, 1.807) is 0 Å². The zero-order chi connectivity index (χ0) is 88.2. The summed E-state index contributed by atoms with van der Waals surface area (Å²) in [6, 6.07) is 152. The normalized spacial score (nSPS) is 12.1. The Kier molecular flexibility index (Phi) is 16.1. The van der Waals surface area contributed by atoms with Gasteiger partial charge in [-0.2, -0.15) is 0 Å². The Hall–Kier alpha value is -18.3. The largest absolute Gasteiger partial charge is 0.307 e. The van der Waals surface area contributed by atoms with Crippen LogP contribution in [0.15, 0.2) is 431 Å². The van der Waals surface area contributed by atoms with E-state index in [2.05, 4.69) is 335 Å². The van der Waals surface area contributed by atoms with Gasteiger partial charge >= 0.3 is 0 Å². The van der Waals surface area contributed by atoms with Crippen LogP contribution in [0.4, 0.5) is 0 Å².